The van der Waals surface area contributed by atoms with Gasteiger partial charge in [-0.05, 0) is 32.9 Å². The highest BCUT2D eigenvalue weighted by molar-refractivity contribution is 5.92. The third kappa shape index (κ3) is 3.12. The van der Waals surface area contributed by atoms with Crippen molar-refractivity contribution >= 4 is 16.9 Å². The van der Waals surface area contributed by atoms with Gasteiger partial charge in [-0.1, -0.05) is 12.1 Å². The molecule has 2 N–H and O–H groups in total. The number of nitrogens with zero attached hydrogens (tertiary/aromatic N) is 1. The molecule has 6 heteroatoms. The first-order chi connectivity index (χ1) is 9.70. The first-order valence-electron chi connectivity index (χ1n) is 6.44. The first kappa shape index (κ1) is 15.2. The third-order valence-corrected chi connectivity index (χ3v) is 2.87. The zero-order valence-corrected chi connectivity index (χ0v) is 12.0. The van der Waals surface area contributed by atoms with E-state index >= 15 is 0 Å². The minimum absolute atomic E-state index is 0.217. The Hall–Kier alpha value is -2.18. The summed E-state index contributed by atoms with van der Waals surface area (Å²) in [4.78, 5) is 23.3. The normalized spacial score (nSPS) is 13.3. The second-order valence-corrected chi connectivity index (χ2v) is 5.66. The number of hydrogen-bond donors (Lipinski definition) is 2. The van der Waals surface area contributed by atoms with Crippen molar-refractivity contribution in [3.8, 4) is 0 Å². The van der Waals surface area contributed by atoms with E-state index in [2.05, 4.69) is 0 Å². The zero-order chi connectivity index (χ0) is 15.8. The van der Waals surface area contributed by atoms with Crippen molar-refractivity contribution in [2.45, 2.75) is 32.8 Å². The Labute approximate surface area is 121 Å². The van der Waals surface area contributed by atoms with Gasteiger partial charge in [-0.25, -0.2) is 4.79 Å². The Morgan fingerprint density at radius 1 is 1.29 bits per heavy atom. The number of carboxylic acid groups (broad SMARTS) is 1. The van der Waals surface area contributed by atoms with Crippen LogP contribution in [-0.2, 0) is 4.74 Å². The Morgan fingerprint density at radius 3 is 2.48 bits per heavy atom. The van der Waals surface area contributed by atoms with Crippen molar-refractivity contribution < 1.29 is 19.7 Å². The van der Waals surface area contributed by atoms with E-state index in [1.807, 2.05) is 0 Å². The highest BCUT2D eigenvalue weighted by atomic mass is 16.6. The maximum Gasteiger partial charge on any atom is 0.341 e. The molecule has 1 atom stereocenters. The second kappa shape index (κ2) is 5.31. The Morgan fingerprint density at radius 2 is 1.90 bits per heavy atom. The van der Waals surface area contributed by atoms with Gasteiger partial charge in [-0.3, -0.25) is 9.36 Å². The van der Waals surface area contributed by atoms with Crippen LogP contribution in [0.4, 0.5) is 0 Å². The lowest BCUT2D eigenvalue weighted by atomic mass is 10.1. The number of aromatic nitrogens is 1. The van der Waals surface area contributed by atoms with Crippen molar-refractivity contribution in [1.29, 1.82) is 0 Å². The summed E-state index contributed by atoms with van der Waals surface area (Å²) in [5.41, 5.74) is -1.22. The summed E-state index contributed by atoms with van der Waals surface area (Å²) >= 11 is 0. The fraction of sp³-hybridized carbons (Fsp3) is 0.333. The topological polar surface area (TPSA) is 88.8 Å². The van der Waals surface area contributed by atoms with Crippen LogP contribution in [0.2, 0.25) is 0 Å². The van der Waals surface area contributed by atoms with E-state index in [4.69, 9.17) is 9.84 Å². The molecule has 1 aromatic carbocycles. The number of carboxylic acids is 1. The Kier molecular flexibility index (Phi) is 3.85. The van der Waals surface area contributed by atoms with Gasteiger partial charge in [0.1, 0.15) is 5.56 Å². The van der Waals surface area contributed by atoms with Crippen LogP contribution < -0.4 is 5.43 Å². The van der Waals surface area contributed by atoms with Crippen LogP contribution in [0.5, 0.6) is 0 Å². The van der Waals surface area contributed by atoms with Crippen LogP contribution in [0.3, 0.4) is 0 Å². The summed E-state index contributed by atoms with van der Waals surface area (Å²) in [6, 6.07) is 6.47. The molecule has 21 heavy (non-hydrogen) atoms. The average Bonchev–Trinajstić information content (AvgIpc) is 2.36. The predicted molar refractivity (Wildman–Crippen MR) is 77.3 cm³/mol. The Balaban J connectivity index is 2.70. The number of benzene rings is 1. The van der Waals surface area contributed by atoms with Gasteiger partial charge in [0, 0.05) is 11.6 Å². The molecule has 1 aromatic heterocycles. The Bertz CT molecular complexity index is 742. The van der Waals surface area contributed by atoms with Gasteiger partial charge >= 0.3 is 5.97 Å². The lowest BCUT2D eigenvalue weighted by molar-refractivity contribution is -0.208. The monoisotopic (exact) mass is 291 g/mol. The predicted octanol–water partition coefficient (Wildman–Crippen LogP) is 1.96. The van der Waals surface area contributed by atoms with Crippen LogP contribution in [0, 0.1) is 0 Å². The number of para-hydroxylation sites is 1. The highest BCUT2D eigenvalue weighted by Gasteiger charge is 2.21. The van der Waals surface area contributed by atoms with E-state index in [0.717, 1.165) is 6.20 Å². The molecule has 0 saturated carbocycles. The number of aromatic carboxylic acids is 1. The van der Waals surface area contributed by atoms with Gasteiger partial charge in [-0.15, -0.1) is 0 Å². The summed E-state index contributed by atoms with van der Waals surface area (Å²) in [5.74, 6) is -1.34. The SMILES string of the molecule is CC(C)(C)OC(O)n1cc(C(=O)O)c(=O)c2ccccc21. The van der Waals surface area contributed by atoms with Crippen LogP contribution in [0.15, 0.2) is 35.3 Å². The van der Waals surface area contributed by atoms with E-state index in [-0.39, 0.29) is 5.39 Å². The quantitative estimate of drug-likeness (QED) is 0.844. The number of aliphatic hydroxyl groups excluding tert-OH is 1. The molecule has 0 fully saturated rings. The number of fused-ring (bicyclic) bond motifs is 1. The largest absolute Gasteiger partial charge is 0.477 e. The van der Waals surface area contributed by atoms with Gasteiger partial charge in [-0.2, -0.15) is 0 Å². The molecule has 0 aliphatic rings. The van der Waals surface area contributed by atoms with Crippen LogP contribution >= 0.6 is 0 Å². The average molecular weight is 291 g/mol. The first-order valence-corrected chi connectivity index (χ1v) is 6.44. The van der Waals surface area contributed by atoms with Crippen molar-refractivity contribution in [2.24, 2.45) is 0 Å². The number of pyridine rings is 1. The van der Waals surface area contributed by atoms with E-state index in [9.17, 15) is 14.7 Å². The number of ether oxygens (including phenoxy) is 1. The second-order valence-electron chi connectivity index (χ2n) is 5.66. The van der Waals surface area contributed by atoms with Crippen molar-refractivity contribution in [1.82, 2.24) is 4.57 Å². The molecule has 2 rings (SSSR count). The standard InChI is InChI=1S/C15H17NO5/c1-15(2,3)21-14(20)16-8-10(13(18)19)12(17)9-6-4-5-7-11(9)16/h4-8,14,20H,1-3H3,(H,18,19). The van der Waals surface area contributed by atoms with Crippen LogP contribution in [-0.4, -0.2) is 26.4 Å². The zero-order valence-electron chi connectivity index (χ0n) is 12.0. The molecule has 0 aliphatic heterocycles. The third-order valence-electron chi connectivity index (χ3n) is 2.87. The molecule has 2 aromatic rings. The molecule has 0 aliphatic carbocycles. The molecule has 1 unspecified atom stereocenters. The van der Waals surface area contributed by atoms with Crippen LogP contribution in [0.25, 0.3) is 10.9 Å². The summed E-state index contributed by atoms with van der Waals surface area (Å²) in [6.07, 6.45) is -0.294. The molecule has 112 valence electrons. The molecule has 0 amide bonds. The number of aliphatic hydroxyl groups is 1. The lowest BCUT2D eigenvalue weighted by Crippen LogP contribution is -2.28. The van der Waals surface area contributed by atoms with Crippen molar-refractivity contribution in [3.63, 3.8) is 0 Å². The van der Waals surface area contributed by atoms with Gasteiger partial charge in [0.05, 0.1) is 11.1 Å². The summed E-state index contributed by atoms with van der Waals surface area (Å²) in [5, 5.41) is 19.5. The van der Waals surface area contributed by atoms with E-state index in [1.165, 1.54) is 10.6 Å². The molecular formula is C15H17NO5. The van der Waals surface area contributed by atoms with Gasteiger partial charge < -0.3 is 14.9 Å². The molecule has 0 radical (unpaired) electrons. The smallest absolute Gasteiger partial charge is 0.341 e. The maximum absolute atomic E-state index is 12.1. The van der Waals surface area contributed by atoms with E-state index < -0.39 is 29.0 Å². The molecular weight excluding hydrogens is 274 g/mol. The van der Waals surface area contributed by atoms with Gasteiger partial charge in [0.25, 0.3) is 0 Å². The number of carbonyl (C=O) groups is 1. The minimum Gasteiger partial charge on any atom is -0.477 e. The molecule has 6 nitrogen and oxygen atoms in total. The van der Waals surface area contributed by atoms with Crippen molar-refractivity contribution in [2.75, 3.05) is 0 Å². The maximum atomic E-state index is 12.1. The van der Waals surface area contributed by atoms with E-state index in [1.54, 1.807) is 39.0 Å². The molecule has 0 spiro atoms. The van der Waals surface area contributed by atoms with Crippen molar-refractivity contribution in [3.05, 3.63) is 46.2 Å². The fourth-order valence-electron chi connectivity index (χ4n) is 2.01. The van der Waals surface area contributed by atoms with Gasteiger partial charge in [0.15, 0.2) is 0 Å². The number of hydrogen-bond acceptors (Lipinski definition) is 4. The molecule has 0 saturated heterocycles. The van der Waals surface area contributed by atoms with Gasteiger partial charge in [0.2, 0.25) is 11.8 Å². The fourth-order valence-corrected chi connectivity index (χ4v) is 2.01. The summed E-state index contributed by atoms with van der Waals surface area (Å²) < 4.78 is 6.67. The molecule has 1 heterocycles. The lowest BCUT2D eigenvalue weighted by Gasteiger charge is -2.26. The minimum atomic E-state index is -1.39. The van der Waals surface area contributed by atoms with Crippen LogP contribution in [0.1, 0.15) is 37.5 Å². The summed E-state index contributed by atoms with van der Waals surface area (Å²) in [6.45, 7) is 5.29. The highest BCUT2D eigenvalue weighted by Crippen LogP contribution is 2.21. The summed E-state index contributed by atoms with van der Waals surface area (Å²) in [7, 11) is 0. The molecule has 0 bridgehead atoms. The number of rotatable bonds is 3. The van der Waals surface area contributed by atoms with E-state index in [0.29, 0.717) is 5.52 Å².